The van der Waals surface area contributed by atoms with E-state index in [0.29, 0.717) is 22.8 Å². The van der Waals surface area contributed by atoms with Crippen molar-refractivity contribution in [1.29, 1.82) is 0 Å². The minimum absolute atomic E-state index is 0.198. The summed E-state index contributed by atoms with van der Waals surface area (Å²) in [5.74, 6) is 0.172. The molecule has 1 aromatic heterocycles. The van der Waals surface area contributed by atoms with Crippen LogP contribution in [0.3, 0.4) is 0 Å². The summed E-state index contributed by atoms with van der Waals surface area (Å²) in [6.07, 6.45) is 2.93. The maximum atomic E-state index is 11.9. The van der Waals surface area contributed by atoms with Gasteiger partial charge in [0.05, 0.1) is 7.11 Å². The number of hydrogen-bond acceptors (Lipinski definition) is 4. The van der Waals surface area contributed by atoms with Gasteiger partial charge in [0.15, 0.2) is 5.78 Å². The van der Waals surface area contributed by atoms with Crippen LogP contribution in [0.15, 0.2) is 46.9 Å². The fourth-order valence-corrected chi connectivity index (χ4v) is 1.59. The topological polar surface area (TPSA) is 82.5 Å². The molecule has 5 nitrogen and oxygen atoms in total. The fourth-order valence-electron chi connectivity index (χ4n) is 1.59. The number of hydrogen-bond donors (Lipinski definition) is 1. The second-order valence-electron chi connectivity index (χ2n) is 4.00. The molecule has 1 heterocycles. The fraction of sp³-hybridized carbons (Fsp3) is 0.0667. The van der Waals surface area contributed by atoms with Gasteiger partial charge in [-0.1, -0.05) is 12.1 Å². The molecule has 0 spiro atoms. The van der Waals surface area contributed by atoms with E-state index < -0.39 is 5.91 Å². The molecule has 2 N–H and O–H groups in total. The first kappa shape index (κ1) is 13.6. The molecule has 102 valence electrons. The molecule has 5 heteroatoms. The van der Waals surface area contributed by atoms with Gasteiger partial charge in [0, 0.05) is 17.2 Å². The summed E-state index contributed by atoms with van der Waals surface area (Å²) in [7, 11) is 1.50. The number of nitrogens with two attached hydrogens (primary N) is 1. The number of carbonyl (C=O) groups excluding carboxylic acids is 2. The average molecular weight is 271 g/mol. The van der Waals surface area contributed by atoms with Crippen LogP contribution in [0.2, 0.25) is 0 Å². The number of methoxy groups -OCH3 is 1. The summed E-state index contributed by atoms with van der Waals surface area (Å²) in [5.41, 5.74) is 5.95. The molecule has 0 aliphatic carbocycles. The Bertz CT molecular complexity index is 653. The number of benzene rings is 1. The number of ether oxygens (including phenoxy) is 1. The van der Waals surface area contributed by atoms with E-state index in [1.165, 1.54) is 25.3 Å². The van der Waals surface area contributed by atoms with E-state index in [-0.39, 0.29) is 5.78 Å². The molecule has 2 rings (SSSR count). The molecule has 1 aromatic carbocycles. The summed E-state index contributed by atoms with van der Waals surface area (Å²) in [6.45, 7) is 0. The Morgan fingerprint density at radius 1 is 1.10 bits per heavy atom. The van der Waals surface area contributed by atoms with E-state index in [2.05, 4.69) is 0 Å². The van der Waals surface area contributed by atoms with Crippen LogP contribution in [0.25, 0.3) is 6.08 Å². The minimum Gasteiger partial charge on any atom is -0.468 e. The molecule has 0 saturated carbocycles. The Kier molecular flexibility index (Phi) is 4.00. The molecule has 0 saturated heterocycles. The van der Waals surface area contributed by atoms with Crippen LogP contribution in [-0.2, 0) is 0 Å². The summed E-state index contributed by atoms with van der Waals surface area (Å²) < 4.78 is 10.1. The molecular weight excluding hydrogens is 258 g/mol. The molecule has 0 bridgehead atoms. The van der Waals surface area contributed by atoms with Gasteiger partial charge in [-0.3, -0.25) is 9.59 Å². The van der Waals surface area contributed by atoms with Crippen molar-refractivity contribution in [1.82, 2.24) is 0 Å². The zero-order chi connectivity index (χ0) is 14.5. The molecule has 0 fully saturated rings. The van der Waals surface area contributed by atoms with Gasteiger partial charge in [0.1, 0.15) is 5.76 Å². The normalized spacial score (nSPS) is 10.7. The van der Waals surface area contributed by atoms with Gasteiger partial charge in [-0.15, -0.1) is 0 Å². The van der Waals surface area contributed by atoms with Gasteiger partial charge >= 0.3 is 0 Å². The summed E-state index contributed by atoms with van der Waals surface area (Å²) in [5, 5.41) is 0. The lowest BCUT2D eigenvalue weighted by molar-refractivity contribution is 0.0997. The highest BCUT2D eigenvalue weighted by Gasteiger charge is 2.05. The Hall–Kier alpha value is -2.82. The lowest BCUT2D eigenvalue weighted by atomic mass is 10.1. The maximum Gasteiger partial charge on any atom is 0.284 e. The van der Waals surface area contributed by atoms with Crippen molar-refractivity contribution in [2.75, 3.05) is 7.11 Å². The minimum atomic E-state index is -0.526. The predicted octanol–water partition coefficient (Wildman–Crippen LogP) is 2.28. The monoisotopic (exact) mass is 271 g/mol. The van der Waals surface area contributed by atoms with E-state index in [1.54, 1.807) is 30.3 Å². The molecular formula is C15H13NO4. The highest BCUT2D eigenvalue weighted by atomic mass is 16.6. The second-order valence-corrected chi connectivity index (χ2v) is 4.00. The molecule has 1 amide bonds. The molecule has 2 aromatic rings. The lowest BCUT2D eigenvalue weighted by Gasteiger charge is -1.97. The third-order valence-corrected chi connectivity index (χ3v) is 2.66. The van der Waals surface area contributed by atoms with Crippen molar-refractivity contribution in [2.45, 2.75) is 0 Å². The van der Waals surface area contributed by atoms with Crippen molar-refractivity contribution in [2.24, 2.45) is 5.73 Å². The number of ketones is 1. The van der Waals surface area contributed by atoms with Gasteiger partial charge < -0.3 is 14.9 Å². The number of carbonyl (C=O) groups is 2. The van der Waals surface area contributed by atoms with Crippen molar-refractivity contribution < 1.29 is 18.7 Å². The van der Waals surface area contributed by atoms with Gasteiger partial charge in [-0.25, -0.2) is 0 Å². The maximum absolute atomic E-state index is 11.9. The molecule has 0 aliphatic rings. The predicted molar refractivity (Wildman–Crippen MR) is 73.6 cm³/mol. The van der Waals surface area contributed by atoms with Crippen LogP contribution < -0.4 is 10.5 Å². The zero-order valence-electron chi connectivity index (χ0n) is 10.8. The molecule has 0 unspecified atom stereocenters. The summed E-state index contributed by atoms with van der Waals surface area (Å²) in [6, 6.07) is 9.48. The molecule has 0 atom stereocenters. The SMILES string of the molecule is COc1ccc(C=CC(=O)c2ccc(C(N)=O)cc2)o1. The number of allylic oxidation sites excluding steroid dienone is 1. The molecule has 0 radical (unpaired) electrons. The summed E-state index contributed by atoms with van der Waals surface area (Å²) >= 11 is 0. The zero-order valence-corrected chi connectivity index (χ0v) is 10.8. The standard InChI is InChI=1S/C15H13NO4/c1-19-14-9-7-12(20-14)6-8-13(17)10-2-4-11(5-3-10)15(16)18/h2-9H,1H3,(H2,16,18). The van der Waals surface area contributed by atoms with E-state index in [9.17, 15) is 9.59 Å². The van der Waals surface area contributed by atoms with Crippen molar-refractivity contribution >= 4 is 17.8 Å². The first-order valence-electron chi connectivity index (χ1n) is 5.86. The largest absolute Gasteiger partial charge is 0.468 e. The van der Waals surface area contributed by atoms with Crippen LogP contribution >= 0.6 is 0 Å². The van der Waals surface area contributed by atoms with Gasteiger partial charge in [-0.2, -0.15) is 0 Å². The Labute approximate surface area is 115 Å². The quantitative estimate of drug-likeness (QED) is 0.668. The highest BCUT2D eigenvalue weighted by molar-refractivity contribution is 6.07. The number of furan rings is 1. The Morgan fingerprint density at radius 2 is 1.75 bits per heavy atom. The second kappa shape index (κ2) is 5.88. The van der Waals surface area contributed by atoms with E-state index in [4.69, 9.17) is 14.9 Å². The lowest BCUT2D eigenvalue weighted by Crippen LogP contribution is -2.10. The Balaban J connectivity index is 2.09. The van der Waals surface area contributed by atoms with E-state index in [1.807, 2.05) is 0 Å². The number of rotatable bonds is 5. The van der Waals surface area contributed by atoms with Gasteiger partial charge in [-0.05, 0) is 30.4 Å². The van der Waals surface area contributed by atoms with E-state index in [0.717, 1.165) is 0 Å². The smallest absolute Gasteiger partial charge is 0.284 e. The van der Waals surface area contributed by atoms with Crippen LogP contribution in [0.4, 0.5) is 0 Å². The van der Waals surface area contributed by atoms with Gasteiger partial charge in [0.25, 0.3) is 5.95 Å². The summed E-state index contributed by atoms with van der Waals surface area (Å²) in [4.78, 5) is 22.8. The van der Waals surface area contributed by atoms with Crippen LogP contribution in [0.1, 0.15) is 26.5 Å². The first-order valence-corrected chi connectivity index (χ1v) is 5.86. The molecule has 0 aliphatic heterocycles. The van der Waals surface area contributed by atoms with Crippen molar-refractivity contribution in [3.8, 4) is 5.95 Å². The third-order valence-electron chi connectivity index (χ3n) is 2.66. The van der Waals surface area contributed by atoms with Crippen LogP contribution in [0, 0.1) is 0 Å². The number of amides is 1. The molecule has 20 heavy (non-hydrogen) atoms. The highest BCUT2D eigenvalue weighted by Crippen LogP contribution is 2.16. The third kappa shape index (κ3) is 3.14. The Morgan fingerprint density at radius 3 is 2.30 bits per heavy atom. The van der Waals surface area contributed by atoms with Crippen LogP contribution in [0.5, 0.6) is 5.95 Å². The van der Waals surface area contributed by atoms with Crippen molar-refractivity contribution in [3.05, 3.63) is 59.4 Å². The van der Waals surface area contributed by atoms with Crippen molar-refractivity contribution in [3.63, 3.8) is 0 Å². The van der Waals surface area contributed by atoms with Crippen LogP contribution in [-0.4, -0.2) is 18.8 Å². The number of primary amides is 1. The van der Waals surface area contributed by atoms with E-state index >= 15 is 0 Å². The first-order chi connectivity index (χ1) is 9.60. The average Bonchev–Trinajstić information content (AvgIpc) is 2.93. The van der Waals surface area contributed by atoms with Gasteiger partial charge in [0.2, 0.25) is 5.91 Å².